The SMILES string of the molecule is CNC(=O)c1ccn(-c2cc(Br)nc(C(C)(C)C)n2)n1. The first-order valence-electron chi connectivity index (χ1n) is 6.14. The van der Waals surface area contributed by atoms with Crippen LogP contribution in [0.25, 0.3) is 5.82 Å². The van der Waals surface area contributed by atoms with Gasteiger partial charge in [0.15, 0.2) is 11.5 Å². The maximum atomic E-state index is 11.5. The molecule has 7 heteroatoms. The van der Waals surface area contributed by atoms with Gasteiger partial charge in [-0.25, -0.2) is 14.6 Å². The summed E-state index contributed by atoms with van der Waals surface area (Å²) in [4.78, 5) is 20.4. The summed E-state index contributed by atoms with van der Waals surface area (Å²) in [5, 5.41) is 6.75. The maximum absolute atomic E-state index is 11.5. The Bertz CT molecular complexity index is 644. The fourth-order valence-electron chi connectivity index (χ4n) is 1.56. The van der Waals surface area contributed by atoms with Crippen molar-refractivity contribution < 1.29 is 4.79 Å². The van der Waals surface area contributed by atoms with E-state index in [1.165, 1.54) is 0 Å². The predicted octanol–water partition coefficient (Wildman–Crippen LogP) is 2.08. The molecule has 106 valence electrons. The van der Waals surface area contributed by atoms with Gasteiger partial charge in [0.1, 0.15) is 10.4 Å². The number of amides is 1. The highest BCUT2D eigenvalue weighted by Gasteiger charge is 2.19. The van der Waals surface area contributed by atoms with Gasteiger partial charge in [-0.1, -0.05) is 20.8 Å². The molecular weight excluding hydrogens is 322 g/mol. The standard InChI is InChI=1S/C13H16BrN5O/c1-13(2,3)12-16-9(14)7-10(17-12)19-6-5-8(18-19)11(20)15-4/h5-7H,1-4H3,(H,15,20). The van der Waals surface area contributed by atoms with Crippen molar-refractivity contribution in [2.24, 2.45) is 0 Å². The summed E-state index contributed by atoms with van der Waals surface area (Å²) in [5.41, 5.74) is 0.175. The second-order valence-corrected chi connectivity index (χ2v) is 6.16. The number of nitrogens with zero attached hydrogens (tertiary/aromatic N) is 4. The third-order valence-corrected chi connectivity index (χ3v) is 3.04. The third-order valence-electron chi connectivity index (χ3n) is 2.64. The highest BCUT2D eigenvalue weighted by atomic mass is 79.9. The minimum atomic E-state index is -0.229. The molecule has 2 aromatic heterocycles. The predicted molar refractivity (Wildman–Crippen MR) is 78.9 cm³/mol. The Morgan fingerprint density at radius 1 is 1.35 bits per heavy atom. The zero-order valence-electron chi connectivity index (χ0n) is 11.8. The minimum absolute atomic E-state index is 0.171. The van der Waals surface area contributed by atoms with Gasteiger partial charge in [0.25, 0.3) is 5.91 Å². The Kier molecular flexibility index (Phi) is 3.89. The molecule has 0 aliphatic heterocycles. The largest absolute Gasteiger partial charge is 0.354 e. The summed E-state index contributed by atoms with van der Waals surface area (Å²) in [6.45, 7) is 6.12. The summed E-state index contributed by atoms with van der Waals surface area (Å²) in [7, 11) is 1.57. The molecule has 0 aliphatic carbocycles. The minimum Gasteiger partial charge on any atom is -0.354 e. The Balaban J connectivity index is 2.45. The number of halogens is 1. The van der Waals surface area contributed by atoms with Crippen molar-refractivity contribution in [3.63, 3.8) is 0 Å². The van der Waals surface area contributed by atoms with Crippen LogP contribution < -0.4 is 5.32 Å². The maximum Gasteiger partial charge on any atom is 0.271 e. The molecule has 0 aliphatic rings. The molecule has 1 N–H and O–H groups in total. The van der Waals surface area contributed by atoms with E-state index in [4.69, 9.17) is 0 Å². The van der Waals surface area contributed by atoms with Crippen LogP contribution in [0.4, 0.5) is 0 Å². The molecule has 0 bridgehead atoms. The number of carbonyl (C=O) groups excluding carboxylic acids is 1. The van der Waals surface area contributed by atoms with E-state index in [1.807, 2.05) is 20.8 Å². The van der Waals surface area contributed by atoms with Crippen molar-refractivity contribution in [1.82, 2.24) is 25.1 Å². The lowest BCUT2D eigenvalue weighted by Crippen LogP contribution is -2.19. The van der Waals surface area contributed by atoms with Crippen molar-refractivity contribution in [3.8, 4) is 5.82 Å². The van der Waals surface area contributed by atoms with Gasteiger partial charge in [0.2, 0.25) is 0 Å². The van der Waals surface area contributed by atoms with Crippen molar-refractivity contribution in [2.75, 3.05) is 7.05 Å². The van der Waals surface area contributed by atoms with E-state index in [-0.39, 0.29) is 11.3 Å². The quantitative estimate of drug-likeness (QED) is 0.851. The van der Waals surface area contributed by atoms with Crippen LogP contribution in [0.5, 0.6) is 0 Å². The van der Waals surface area contributed by atoms with Crippen molar-refractivity contribution in [1.29, 1.82) is 0 Å². The van der Waals surface area contributed by atoms with E-state index in [1.54, 1.807) is 30.1 Å². The second kappa shape index (κ2) is 5.32. The Morgan fingerprint density at radius 3 is 2.65 bits per heavy atom. The van der Waals surface area contributed by atoms with Crippen molar-refractivity contribution >= 4 is 21.8 Å². The third kappa shape index (κ3) is 3.04. The van der Waals surface area contributed by atoms with Gasteiger partial charge in [-0.15, -0.1) is 0 Å². The van der Waals surface area contributed by atoms with E-state index in [0.717, 1.165) is 0 Å². The lowest BCUT2D eigenvalue weighted by Gasteiger charge is -2.17. The van der Waals surface area contributed by atoms with Crippen LogP contribution in [0.3, 0.4) is 0 Å². The van der Waals surface area contributed by atoms with Crippen LogP contribution >= 0.6 is 15.9 Å². The molecule has 20 heavy (non-hydrogen) atoms. The molecule has 0 saturated heterocycles. The molecule has 2 rings (SSSR count). The first kappa shape index (κ1) is 14.6. The number of nitrogens with one attached hydrogen (secondary N) is 1. The smallest absolute Gasteiger partial charge is 0.271 e. The topological polar surface area (TPSA) is 72.7 Å². The number of aromatic nitrogens is 4. The molecule has 0 unspecified atom stereocenters. The van der Waals surface area contributed by atoms with E-state index in [0.29, 0.717) is 21.9 Å². The number of carbonyl (C=O) groups is 1. The summed E-state index contributed by atoms with van der Waals surface area (Å²) in [6, 6.07) is 3.40. The van der Waals surface area contributed by atoms with E-state index in [2.05, 4.69) is 36.3 Å². The van der Waals surface area contributed by atoms with Gasteiger partial charge in [-0.05, 0) is 22.0 Å². The van der Waals surface area contributed by atoms with Crippen LogP contribution in [0.2, 0.25) is 0 Å². The van der Waals surface area contributed by atoms with Gasteiger partial charge in [-0.3, -0.25) is 4.79 Å². The van der Waals surface area contributed by atoms with Gasteiger partial charge >= 0.3 is 0 Å². The molecule has 1 amide bonds. The van der Waals surface area contributed by atoms with E-state index < -0.39 is 0 Å². The average molecular weight is 338 g/mol. The van der Waals surface area contributed by atoms with Crippen LogP contribution in [0, 0.1) is 0 Å². The Hall–Kier alpha value is -1.76. The van der Waals surface area contributed by atoms with Gasteiger partial charge < -0.3 is 5.32 Å². The molecule has 0 aromatic carbocycles. The van der Waals surface area contributed by atoms with Gasteiger partial charge in [-0.2, -0.15) is 5.10 Å². The highest BCUT2D eigenvalue weighted by Crippen LogP contribution is 2.21. The first-order valence-corrected chi connectivity index (χ1v) is 6.94. The van der Waals surface area contributed by atoms with Crippen LogP contribution in [0.15, 0.2) is 22.9 Å². The van der Waals surface area contributed by atoms with Crippen molar-refractivity contribution in [3.05, 3.63) is 34.5 Å². The van der Waals surface area contributed by atoms with Crippen molar-refractivity contribution in [2.45, 2.75) is 26.2 Å². The van der Waals surface area contributed by atoms with Crippen LogP contribution in [-0.4, -0.2) is 32.7 Å². The second-order valence-electron chi connectivity index (χ2n) is 5.35. The fraction of sp³-hybridized carbons (Fsp3) is 0.385. The summed E-state index contributed by atoms with van der Waals surface area (Å²) in [6.07, 6.45) is 1.70. The molecule has 0 fully saturated rings. The molecule has 6 nitrogen and oxygen atoms in total. The molecule has 0 spiro atoms. The highest BCUT2D eigenvalue weighted by molar-refractivity contribution is 9.10. The normalized spacial score (nSPS) is 11.4. The fourth-order valence-corrected chi connectivity index (χ4v) is 1.93. The monoisotopic (exact) mass is 337 g/mol. The molecule has 0 saturated carbocycles. The van der Waals surface area contributed by atoms with Crippen LogP contribution in [0.1, 0.15) is 37.1 Å². The zero-order valence-corrected chi connectivity index (χ0v) is 13.4. The number of hydrogen-bond donors (Lipinski definition) is 1. The number of hydrogen-bond acceptors (Lipinski definition) is 4. The molecule has 0 radical (unpaired) electrons. The van der Waals surface area contributed by atoms with E-state index >= 15 is 0 Å². The average Bonchev–Trinajstić information content (AvgIpc) is 2.85. The summed E-state index contributed by atoms with van der Waals surface area (Å²) in [5.74, 6) is 1.10. The Labute approximate surface area is 125 Å². The first-order chi connectivity index (χ1) is 9.31. The molecule has 0 atom stereocenters. The summed E-state index contributed by atoms with van der Waals surface area (Å²) >= 11 is 3.38. The lowest BCUT2D eigenvalue weighted by molar-refractivity contribution is 0.0957. The molecule has 2 heterocycles. The number of rotatable bonds is 2. The van der Waals surface area contributed by atoms with E-state index in [9.17, 15) is 4.79 Å². The molecular formula is C13H16BrN5O. The summed E-state index contributed by atoms with van der Waals surface area (Å²) < 4.78 is 2.25. The van der Waals surface area contributed by atoms with Crippen LogP contribution in [-0.2, 0) is 5.41 Å². The lowest BCUT2D eigenvalue weighted by atomic mass is 9.96. The van der Waals surface area contributed by atoms with Gasteiger partial charge in [0.05, 0.1) is 0 Å². The zero-order chi connectivity index (χ0) is 14.9. The Morgan fingerprint density at radius 2 is 2.05 bits per heavy atom. The van der Waals surface area contributed by atoms with Gasteiger partial charge in [0, 0.05) is 24.7 Å². The molecule has 2 aromatic rings.